The van der Waals surface area contributed by atoms with Crippen molar-refractivity contribution in [1.29, 1.82) is 0 Å². The van der Waals surface area contributed by atoms with Gasteiger partial charge in [-0.3, -0.25) is 19.2 Å². The predicted octanol–water partition coefficient (Wildman–Crippen LogP) is 1.24. The van der Waals surface area contributed by atoms with Gasteiger partial charge in [-0.2, -0.15) is 0 Å². The zero-order valence-corrected chi connectivity index (χ0v) is 18.1. The van der Waals surface area contributed by atoms with Gasteiger partial charge in [0, 0.05) is 34.2 Å². The van der Waals surface area contributed by atoms with Crippen LogP contribution in [0.5, 0.6) is 5.75 Å². The molecule has 0 aliphatic carbocycles. The summed E-state index contributed by atoms with van der Waals surface area (Å²) in [6, 6.07) is 6.83. The molecule has 0 bridgehead atoms. The molecule has 1 N–H and O–H groups in total. The smallest absolute Gasteiger partial charge is 0.303 e. The van der Waals surface area contributed by atoms with Crippen molar-refractivity contribution in [3.05, 3.63) is 29.8 Å². The number of hydrogen-bond donors (Lipinski definition) is 1. The fourth-order valence-corrected chi connectivity index (χ4v) is 3.11. The van der Waals surface area contributed by atoms with Gasteiger partial charge in [-0.25, -0.2) is 0 Å². The summed E-state index contributed by atoms with van der Waals surface area (Å²) in [6.07, 6.45) is -5.15. The second kappa shape index (κ2) is 10.8. The Morgan fingerprint density at radius 2 is 1.35 bits per heavy atom. The average Bonchev–Trinajstić information content (AvgIpc) is 2.66. The Kier molecular flexibility index (Phi) is 8.38. The van der Waals surface area contributed by atoms with E-state index in [4.69, 9.17) is 23.7 Å². The molecule has 5 atom stereocenters. The van der Waals surface area contributed by atoms with Crippen LogP contribution in [0.1, 0.15) is 40.2 Å². The molecule has 1 saturated heterocycles. The summed E-state index contributed by atoms with van der Waals surface area (Å²) < 4.78 is 27.6. The Hall–Kier alpha value is -3.14. The number of carbonyl (C=O) groups is 4. The van der Waals surface area contributed by atoms with Gasteiger partial charge in [0.2, 0.25) is 18.3 Å². The molecule has 1 aromatic rings. The van der Waals surface area contributed by atoms with Crippen molar-refractivity contribution in [2.24, 2.45) is 0 Å². The maximum absolute atomic E-state index is 11.7. The summed E-state index contributed by atoms with van der Waals surface area (Å²) in [5, 5.41) is 2.69. The van der Waals surface area contributed by atoms with Crippen molar-refractivity contribution in [3.8, 4) is 5.75 Å². The van der Waals surface area contributed by atoms with Crippen molar-refractivity contribution < 1.29 is 42.9 Å². The number of benzene rings is 1. The van der Waals surface area contributed by atoms with Crippen LogP contribution >= 0.6 is 0 Å². The van der Waals surface area contributed by atoms with Gasteiger partial charge in [0.05, 0.1) is 6.10 Å². The highest BCUT2D eigenvalue weighted by Gasteiger charge is 2.51. The Morgan fingerprint density at radius 1 is 0.839 bits per heavy atom. The van der Waals surface area contributed by atoms with Crippen molar-refractivity contribution >= 4 is 23.8 Å². The van der Waals surface area contributed by atoms with E-state index in [1.165, 1.54) is 27.7 Å². The number of nitrogens with one attached hydrogen (secondary N) is 1. The minimum atomic E-state index is -1.18. The first-order valence-electron chi connectivity index (χ1n) is 9.74. The summed E-state index contributed by atoms with van der Waals surface area (Å²) in [7, 11) is 0. The van der Waals surface area contributed by atoms with Crippen molar-refractivity contribution in [3.63, 3.8) is 0 Å². The quantitative estimate of drug-likeness (QED) is 0.495. The van der Waals surface area contributed by atoms with E-state index in [2.05, 4.69) is 5.32 Å². The molecule has 1 aliphatic rings. The number of hydrogen-bond acceptors (Lipinski definition) is 9. The van der Waals surface area contributed by atoms with E-state index in [0.717, 1.165) is 5.56 Å². The van der Waals surface area contributed by atoms with Crippen LogP contribution < -0.4 is 10.1 Å². The van der Waals surface area contributed by atoms with Gasteiger partial charge < -0.3 is 29.0 Å². The van der Waals surface area contributed by atoms with E-state index in [0.29, 0.717) is 12.3 Å². The molecule has 2 rings (SSSR count). The molecule has 1 amide bonds. The molecule has 0 saturated carbocycles. The van der Waals surface area contributed by atoms with Crippen molar-refractivity contribution in [2.75, 3.05) is 0 Å². The minimum Gasteiger partial charge on any atom is -0.461 e. The molecule has 0 aromatic heterocycles. The lowest BCUT2D eigenvalue weighted by atomic mass is 9.99. The van der Waals surface area contributed by atoms with Gasteiger partial charge >= 0.3 is 17.9 Å². The first-order valence-corrected chi connectivity index (χ1v) is 9.74. The fraction of sp³-hybridized carbons (Fsp3) is 0.524. The lowest BCUT2D eigenvalue weighted by Gasteiger charge is -2.43. The van der Waals surface area contributed by atoms with Crippen molar-refractivity contribution in [2.45, 2.75) is 71.9 Å². The summed E-state index contributed by atoms with van der Waals surface area (Å²) in [5.41, 5.74) is 0.852. The first kappa shape index (κ1) is 24.1. The van der Waals surface area contributed by atoms with Gasteiger partial charge in [-0.05, 0) is 24.6 Å². The van der Waals surface area contributed by atoms with Crippen LogP contribution in [0.3, 0.4) is 0 Å². The Labute approximate surface area is 180 Å². The fourth-order valence-electron chi connectivity index (χ4n) is 3.11. The average molecular weight is 437 g/mol. The molecular weight excluding hydrogens is 410 g/mol. The minimum absolute atomic E-state index is 0.145. The summed E-state index contributed by atoms with van der Waals surface area (Å²) >= 11 is 0. The number of rotatable bonds is 7. The van der Waals surface area contributed by atoms with Gasteiger partial charge in [0.1, 0.15) is 5.75 Å². The third kappa shape index (κ3) is 7.25. The molecule has 1 aromatic carbocycles. The number of amides is 1. The summed E-state index contributed by atoms with van der Waals surface area (Å²) in [6.45, 7) is 7.01. The molecule has 0 spiro atoms. The number of esters is 3. The maximum Gasteiger partial charge on any atom is 0.303 e. The van der Waals surface area contributed by atoms with Crippen LogP contribution in [0.2, 0.25) is 0 Å². The third-order valence-electron chi connectivity index (χ3n) is 4.35. The van der Waals surface area contributed by atoms with Crippen molar-refractivity contribution in [1.82, 2.24) is 5.32 Å². The van der Waals surface area contributed by atoms with Gasteiger partial charge in [-0.1, -0.05) is 12.1 Å². The van der Waals surface area contributed by atoms with Gasteiger partial charge in [0.25, 0.3) is 0 Å². The van der Waals surface area contributed by atoms with Crippen LogP contribution in [0.15, 0.2) is 24.3 Å². The second-order valence-corrected chi connectivity index (χ2v) is 7.10. The van der Waals surface area contributed by atoms with E-state index in [-0.39, 0.29) is 5.91 Å². The highest BCUT2D eigenvalue weighted by molar-refractivity contribution is 5.72. The third-order valence-corrected chi connectivity index (χ3v) is 4.35. The zero-order valence-electron chi connectivity index (χ0n) is 18.1. The highest BCUT2D eigenvalue weighted by Crippen LogP contribution is 2.30. The van der Waals surface area contributed by atoms with E-state index in [9.17, 15) is 19.2 Å². The lowest BCUT2D eigenvalue weighted by Crippen LogP contribution is -2.62. The van der Waals surface area contributed by atoms with Crippen LogP contribution in [0, 0.1) is 0 Å². The van der Waals surface area contributed by atoms with Gasteiger partial charge in [0.15, 0.2) is 12.2 Å². The first-order chi connectivity index (χ1) is 14.6. The highest BCUT2D eigenvalue weighted by atomic mass is 16.7. The normalized spacial score (nSPS) is 25.1. The maximum atomic E-state index is 11.7. The summed E-state index contributed by atoms with van der Waals surface area (Å²) in [4.78, 5) is 46.0. The van der Waals surface area contributed by atoms with E-state index < -0.39 is 48.6 Å². The van der Waals surface area contributed by atoms with Crippen LogP contribution in [0.25, 0.3) is 0 Å². The van der Waals surface area contributed by atoms with E-state index >= 15 is 0 Å². The number of ether oxygens (including phenoxy) is 5. The monoisotopic (exact) mass is 437 g/mol. The SMILES string of the molecule is CC(=O)NCc1ccc(O[C@@H]2O[C@@H](C)[C@H](OC(C)=O)[C@@H](OC(C)=O)[C@H]2OC(C)=O)cc1. The van der Waals surface area contributed by atoms with Gasteiger partial charge in [-0.15, -0.1) is 0 Å². The van der Waals surface area contributed by atoms with E-state index in [1.807, 2.05) is 0 Å². The molecule has 0 unspecified atom stereocenters. The molecule has 1 aliphatic heterocycles. The molecule has 10 heteroatoms. The Balaban J connectivity index is 2.25. The van der Waals surface area contributed by atoms with Crippen LogP contribution in [0.4, 0.5) is 0 Å². The molecule has 10 nitrogen and oxygen atoms in total. The Morgan fingerprint density at radius 3 is 1.87 bits per heavy atom. The molecule has 1 heterocycles. The molecule has 31 heavy (non-hydrogen) atoms. The van der Waals surface area contributed by atoms with Crippen LogP contribution in [-0.2, 0) is 44.7 Å². The predicted molar refractivity (Wildman–Crippen MR) is 106 cm³/mol. The molecular formula is C21H27NO9. The standard InChI is InChI=1S/C21H27NO9/c1-11-18(28-13(3)24)19(29-14(4)25)20(30-15(5)26)21(27-11)31-17-8-6-16(7-9-17)10-22-12(2)23/h6-9,11,18-21H,10H2,1-5H3,(H,22,23)/t11-,18-,19+,20+,21-/m0/s1. The molecule has 170 valence electrons. The lowest BCUT2D eigenvalue weighted by molar-refractivity contribution is -0.280. The number of carbonyl (C=O) groups excluding carboxylic acids is 4. The zero-order chi connectivity index (χ0) is 23.1. The topological polar surface area (TPSA) is 126 Å². The molecule has 0 radical (unpaired) electrons. The van der Waals surface area contributed by atoms with E-state index in [1.54, 1.807) is 31.2 Å². The molecule has 1 fully saturated rings. The second-order valence-electron chi connectivity index (χ2n) is 7.10. The van der Waals surface area contributed by atoms with Crippen LogP contribution in [-0.4, -0.2) is 54.5 Å². The summed E-state index contributed by atoms with van der Waals surface area (Å²) in [5.74, 6) is -1.65. The largest absolute Gasteiger partial charge is 0.461 e. The Bertz CT molecular complexity index is 808.